The van der Waals surface area contributed by atoms with Gasteiger partial charge in [0, 0.05) is 26.1 Å². The van der Waals surface area contributed by atoms with Gasteiger partial charge in [-0.3, -0.25) is 4.79 Å². The zero-order chi connectivity index (χ0) is 13.7. The molecule has 0 saturated carbocycles. The number of benzene rings is 1. The maximum atomic E-state index is 11.8. The van der Waals surface area contributed by atoms with Gasteiger partial charge < -0.3 is 20.5 Å². The Labute approximate surface area is 107 Å². The van der Waals surface area contributed by atoms with Crippen LogP contribution in [-0.2, 0) is 11.3 Å². The van der Waals surface area contributed by atoms with Crippen LogP contribution in [0.5, 0.6) is 11.5 Å². The monoisotopic (exact) mass is 252 g/mol. The summed E-state index contributed by atoms with van der Waals surface area (Å²) in [6.45, 7) is 2.56. The predicted octanol–water partition coefficient (Wildman–Crippen LogP) is 0.954. The van der Waals surface area contributed by atoms with Crippen molar-refractivity contribution in [2.24, 2.45) is 11.7 Å². The molecule has 1 rings (SSSR count). The molecule has 1 aromatic carbocycles. The quantitative estimate of drug-likeness (QED) is 0.818. The first-order valence-electron chi connectivity index (χ1n) is 5.80. The first-order chi connectivity index (χ1) is 8.49. The Morgan fingerprint density at radius 2 is 2.22 bits per heavy atom. The van der Waals surface area contributed by atoms with E-state index in [0.717, 1.165) is 5.56 Å². The summed E-state index contributed by atoms with van der Waals surface area (Å²) >= 11 is 0. The number of carbonyl (C=O) groups is 1. The molecular weight excluding hydrogens is 232 g/mol. The molecule has 0 bridgehead atoms. The summed E-state index contributed by atoms with van der Waals surface area (Å²) in [5.41, 5.74) is 6.30. The first kappa shape index (κ1) is 14.3. The van der Waals surface area contributed by atoms with Crippen molar-refractivity contribution >= 4 is 5.91 Å². The van der Waals surface area contributed by atoms with E-state index in [1.807, 2.05) is 6.07 Å². The number of methoxy groups -OCH3 is 1. The molecule has 0 fully saturated rings. The number of nitrogens with two attached hydrogens (primary N) is 1. The molecule has 0 aromatic heterocycles. The molecule has 0 spiro atoms. The molecule has 0 aliphatic heterocycles. The topological polar surface area (TPSA) is 75.8 Å². The second kappa shape index (κ2) is 6.26. The van der Waals surface area contributed by atoms with Crippen molar-refractivity contribution in [2.45, 2.75) is 13.5 Å². The van der Waals surface area contributed by atoms with Gasteiger partial charge in [-0.2, -0.15) is 0 Å². The number of hydrogen-bond donors (Lipinski definition) is 2. The Kier molecular flexibility index (Phi) is 4.97. The summed E-state index contributed by atoms with van der Waals surface area (Å²) < 4.78 is 4.96. The van der Waals surface area contributed by atoms with Gasteiger partial charge in [0.1, 0.15) is 0 Å². The van der Waals surface area contributed by atoms with Crippen LogP contribution in [0.3, 0.4) is 0 Å². The fourth-order valence-corrected chi connectivity index (χ4v) is 1.66. The number of aromatic hydroxyl groups is 1. The van der Waals surface area contributed by atoms with E-state index in [0.29, 0.717) is 18.8 Å². The summed E-state index contributed by atoms with van der Waals surface area (Å²) in [6, 6.07) is 5.08. The fraction of sp³-hybridized carbons (Fsp3) is 0.462. The van der Waals surface area contributed by atoms with E-state index in [1.165, 1.54) is 7.11 Å². The average molecular weight is 252 g/mol. The van der Waals surface area contributed by atoms with E-state index >= 15 is 0 Å². The number of ether oxygens (including phenoxy) is 1. The minimum Gasteiger partial charge on any atom is -0.504 e. The highest BCUT2D eigenvalue weighted by atomic mass is 16.5. The molecule has 3 N–H and O–H groups in total. The van der Waals surface area contributed by atoms with Crippen LogP contribution >= 0.6 is 0 Å². The number of hydrogen-bond acceptors (Lipinski definition) is 4. The van der Waals surface area contributed by atoms with E-state index in [2.05, 4.69) is 0 Å². The Bertz CT molecular complexity index is 421. The number of rotatable bonds is 5. The number of phenols is 1. The van der Waals surface area contributed by atoms with Crippen LogP contribution in [0.15, 0.2) is 18.2 Å². The third-order valence-electron chi connectivity index (χ3n) is 2.81. The largest absolute Gasteiger partial charge is 0.504 e. The minimum absolute atomic E-state index is 0.00666. The molecule has 0 aliphatic rings. The number of nitrogens with zero attached hydrogens (tertiary/aromatic N) is 1. The van der Waals surface area contributed by atoms with Gasteiger partial charge in [-0.15, -0.1) is 0 Å². The molecule has 0 radical (unpaired) electrons. The number of amides is 1. The Hall–Kier alpha value is -1.75. The summed E-state index contributed by atoms with van der Waals surface area (Å²) in [4.78, 5) is 13.4. The number of phenolic OH excluding ortho intramolecular Hbond substituents is 1. The van der Waals surface area contributed by atoms with Gasteiger partial charge in [-0.25, -0.2) is 0 Å². The van der Waals surface area contributed by atoms with Crippen LogP contribution in [0.2, 0.25) is 0 Å². The lowest BCUT2D eigenvalue weighted by Gasteiger charge is -2.21. The highest BCUT2D eigenvalue weighted by molar-refractivity contribution is 5.78. The average Bonchev–Trinajstić information content (AvgIpc) is 2.37. The van der Waals surface area contributed by atoms with Crippen molar-refractivity contribution in [3.8, 4) is 11.5 Å². The van der Waals surface area contributed by atoms with Gasteiger partial charge in [0.15, 0.2) is 11.5 Å². The van der Waals surface area contributed by atoms with Crippen LogP contribution < -0.4 is 10.5 Å². The molecule has 0 saturated heterocycles. The van der Waals surface area contributed by atoms with E-state index in [1.54, 1.807) is 31.0 Å². The van der Waals surface area contributed by atoms with Gasteiger partial charge in [0.25, 0.3) is 0 Å². The lowest BCUT2D eigenvalue weighted by molar-refractivity contribution is -0.133. The molecule has 0 aliphatic carbocycles. The van der Waals surface area contributed by atoms with Crippen molar-refractivity contribution < 1.29 is 14.6 Å². The van der Waals surface area contributed by atoms with Crippen LogP contribution in [0.25, 0.3) is 0 Å². The molecule has 1 atom stereocenters. The highest BCUT2D eigenvalue weighted by Crippen LogP contribution is 2.26. The summed E-state index contributed by atoms with van der Waals surface area (Å²) in [7, 11) is 3.21. The molecule has 1 amide bonds. The van der Waals surface area contributed by atoms with Gasteiger partial charge in [0.2, 0.25) is 5.91 Å². The zero-order valence-corrected chi connectivity index (χ0v) is 11.0. The second-order valence-corrected chi connectivity index (χ2v) is 4.34. The molecule has 5 nitrogen and oxygen atoms in total. The third kappa shape index (κ3) is 3.37. The first-order valence-corrected chi connectivity index (χ1v) is 5.80. The standard InChI is InChI=1S/C13H20N2O3/c1-9(7-14)13(17)15(2)8-10-4-5-12(18-3)11(16)6-10/h4-6,9,16H,7-8,14H2,1-3H3. The van der Waals surface area contributed by atoms with Crippen molar-refractivity contribution in [2.75, 3.05) is 20.7 Å². The smallest absolute Gasteiger partial charge is 0.226 e. The molecule has 1 aromatic rings. The van der Waals surface area contributed by atoms with Crippen LogP contribution in [0.4, 0.5) is 0 Å². The van der Waals surface area contributed by atoms with Crippen molar-refractivity contribution in [1.82, 2.24) is 4.90 Å². The molecule has 100 valence electrons. The van der Waals surface area contributed by atoms with Gasteiger partial charge in [0.05, 0.1) is 7.11 Å². The minimum atomic E-state index is -0.193. The maximum Gasteiger partial charge on any atom is 0.226 e. The SMILES string of the molecule is COc1ccc(CN(C)C(=O)C(C)CN)cc1O. The van der Waals surface area contributed by atoms with Crippen LogP contribution in [0.1, 0.15) is 12.5 Å². The lowest BCUT2D eigenvalue weighted by atomic mass is 10.1. The lowest BCUT2D eigenvalue weighted by Crippen LogP contribution is -2.34. The summed E-state index contributed by atoms with van der Waals surface area (Å²) in [5, 5.41) is 9.65. The predicted molar refractivity (Wildman–Crippen MR) is 69.4 cm³/mol. The maximum absolute atomic E-state index is 11.8. The van der Waals surface area contributed by atoms with Gasteiger partial charge in [-0.05, 0) is 17.7 Å². The molecule has 18 heavy (non-hydrogen) atoms. The fourth-order valence-electron chi connectivity index (χ4n) is 1.66. The normalized spacial score (nSPS) is 12.0. The van der Waals surface area contributed by atoms with E-state index < -0.39 is 0 Å². The van der Waals surface area contributed by atoms with E-state index in [-0.39, 0.29) is 17.6 Å². The van der Waals surface area contributed by atoms with Crippen LogP contribution in [-0.4, -0.2) is 36.6 Å². The van der Waals surface area contributed by atoms with Crippen molar-refractivity contribution in [3.05, 3.63) is 23.8 Å². The van der Waals surface area contributed by atoms with Gasteiger partial charge >= 0.3 is 0 Å². The third-order valence-corrected chi connectivity index (χ3v) is 2.81. The van der Waals surface area contributed by atoms with E-state index in [4.69, 9.17) is 10.5 Å². The molecular formula is C13H20N2O3. The molecule has 5 heteroatoms. The van der Waals surface area contributed by atoms with Gasteiger partial charge in [-0.1, -0.05) is 13.0 Å². The number of carbonyl (C=O) groups excluding carboxylic acids is 1. The Morgan fingerprint density at radius 3 is 2.72 bits per heavy atom. The second-order valence-electron chi connectivity index (χ2n) is 4.34. The highest BCUT2D eigenvalue weighted by Gasteiger charge is 2.16. The van der Waals surface area contributed by atoms with Crippen molar-refractivity contribution in [1.29, 1.82) is 0 Å². The van der Waals surface area contributed by atoms with Crippen molar-refractivity contribution in [3.63, 3.8) is 0 Å². The Morgan fingerprint density at radius 1 is 1.56 bits per heavy atom. The van der Waals surface area contributed by atoms with Crippen LogP contribution in [0, 0.1) is 5.92 Å². The molecule has 1 unspecified atom stereocenters. The molecule has 0 heterocycles. The zero-order valence-electron chi connectivity index (χ0n) is 11.0. The van der Waals surface area contributed by atoms with E-state index in [9.17, 15) is 9.90 Å². The Balaban J connectivity index is 2.73. The summed E-state index contributed by atoms with van der Waals surface area (Å²) in [6.07, 6.45) is 0. The summed E-state index contributed by atoms with van der Waals surface area (Å²) in [5.74, 6) is 0.292.